The first kappa shape index (κ1) is 18.7. The molecule has 24 heavy (non-hydrogen) atoms. The molecule has 1 aromatic rings. The zero-order valence-electron chi connectivity index (χ0n) is 15.0. The summed E-state index contributed by atoms with van der Waals surface area (Å²) in [6.07, 6.45) is 1.83. The second-order valence-corrected chi connectivity index (χ2v) is 6.95. The molecule has 1 fully saturated rings. The monoisotopic (exact) mass is 334 g/mol. The van der Waals surface area contributed by atoms with E-state index < -0.39 is 6.10 Å². The number of β-amino-alcohol motifs (C(OH)–C–C–N with tert-alkyl or cyclic N) is 1. The Labute approximate surface area is 145 Å². The van der Waals surface area contributed by atoms with Crippen molar-refractivity contribution in [2.24, 2.45) is 5.92 Å². The molecule has 1 amide bonds. The Morgan fingerprint density at radius 2 is 1.96 bits per heavy atom. The molecule has 1 aromatic carbocycles. The van der Waals surface area contributed by atoms with Gasteiger partial charge in [-0.2, -0.15) is 0 Å². The number of carbonyl (C=O) groups excluding carboxylic acids is 1. The van der Waals surface area contributed by atoms with E-state index in [0.29, 0.717) is 6.54 Å². The van der Waals surface area contributed by atoms with E-state index in [-0.39, 0.29) is 19.1 Å². The maximum atomic E-state index is 11.9. The van der Waals surface area contributed by atoms with Crippen molar-refractivity contribution in [3.05, 3.63) is 29.3 Å². The van der Waals surface area contributed by atoms with Gasteiger partial charge in [-0.1, -0.05) is 25.1 Å². The highest BCUT2D eigenvalue weighted by molar-refractivity contribution is 5.77. The molecule has 0 bridgehead atoms. The fourth-order valence-electron chi connectivity index (χ4n) is 3.05. The number of aliphatic hydroxyl groups excluding tert-OH is 1. The minimum absolute atomic E-state index is 0.0281. The number of likely N-dealkylation sites (tertiary alicyclic amines) is 1. The summed E-state index contributed by atoms with van der Waals surface area (Å²) in [7, 11) is 0. The summed E-state index contributed by atoms with van der Waals surface area (Å²) in [5, 5.41) is 12.8. The molecule has 1 atom stereocenters. The van der Waals surface area contributed by atoms with Gasteiger partial charge in [-0.05, 0) is 56.8 Å². The molecule has 5 heteroatoms. The molecule has 134 valence electrons. The zero-order chi connectivity index (χ0) is 17.5. The molecule has 2 rings (SSSR count). The maximum absolute atomic E-state index is 11.9. The van der Waals surface area contributed by atoms with Crippen LogP contribution in [0.4, 0.5) is 0 Å². The molecular formula is C19H30N2O3. The molecule has 0 radical (unpaired) electrons. The Balaban J connectivity index is 1.67. The average molecular weight is 334 g/mol. The van der Waals surface area contributed by atoms with Gasteiger partial charge in [0.05, 0.1) is 6.10 Å². The second kappa shape index (κ2) is 9.04. The van der Waals surface area contributed by atoms with Gasteiger partial charge in [0.25, 0.3) is 5.91 Å². The van der Waals surface area contributed by atoms with Gasteiger partial charge in [-0.3, -0.25) is 4.79 Å². The van der Waals surface area contributed by atoms with E-state index in [1.807, 2.05) is 32.0 Å². The molecule has 1 unspecified atom stereocenters. The number of amides is 1. The fraction of sp³-hybridized carbons (Fsp3) is 0.632. The number of aliphatic hydroxyl groups is 1. The number of nitrogens with one attached hydrogen (secondary N) is 1. The number of carbonyl (C=O) groups is 1. The Morgan fingerprint density at radius 3 is 2.58 bits per heavy atom. The summed E-state index contributed by atoms with van der Waals surface area (Å²) < 4.78 is 5.62. The van der Waals surface area contributed by atoms with Gasteiger partial charge in [0.1, 0.15) is 5.75 Å². The molecule has 5 nitrogen and oxygen atoms in total. The van der Waals surface area contributed by atoms with Crippen LogP contribution in [0.25, 0.3) is 0 Å². The normalized spacial score (nSPS) is 17.5. The Morgan fingerprint density at radius 1 is 1.33 bits per heavy atom. The molecule has 1 saturated heterocycles. The molecule has 0 spiro atoms. The van der Waals surface area contributed by atoms with Crippen molar-refractivity contribution < 1.29 is 14.6 Å². The lowest BCUT2D eigenvalue weighted by Gasteiger charge is -2.31. The van der Waals surface area contributed by atoms with E-state index in [9.17, 15) is 9.90 Å². The van der Waals surface area contributed by atoms with E-state index in [1.165, 1.54) is 12.8 Å². The minimum atomic E-state index is -0.539. The summed E-state index contributed by atoms with van der Waals surface area (Å²) in [4.78, 5) is 14.2. The highest BCUT2D eigenvalue weighted by atomic mass is 16.5. The van der Waals surface area contributed by atoms with Crippen LogP contribution in [0.15, 0.2) is 18.2 Å². The molecule has 0 saturated carbocycles. The first-order chi connectivity index (χ1) is 11.5. The lowest BCUT2D eigenvalue weighted by molar-refractivity contribution is -0.123. The third-order valence-corrected chi connectivity index (χ3v) is 4.64. The number of hydrogen-bond donors (Lipinski definition) is 2. The lowest BCUT2D eigenvalue weighted by Crippen LogP contribution is -2.43. The van der Waals surface area contributed by atoms with Crippen LogP contribution in [0.3, 0.4) is 0 Å². The van der Waals surface area contributed by atoms with Crippen molar-refractivity contribution in [1.82, 2.24) is 10.2 Å². The van der Waals surface area contributed by atoms with Gasteiger partial charge in [0.15, 0.2) is 6.61 Å². The molecule has 0 aliphatic carbocycles. The molecular weight excluding hydrogens is 304 g/mol. The van der Waals surface area contributed by atoms with E-state index in [4.69, 9.17) is 4.74 Å². The largest absolute Gasteiger partial charge is 0.483 e. The average Bonchev–Trinajstić information content (AvgIpc) is 2.54. The van der Waals surface area contributed by atoms with Gasteiger partial charge in [-0.15, -0.1) is 0 Å². The number of aryl methyl sites for hydroxylation is 2. The lowest BCUT2D eigenvalue weighted by atomic mass is 9.99. The van der Waals surface area contributed by atoms with Crippen LogP contribution < -0.4 is 10.1 Å². The van der Waals surface area contributed by atoms with E-state index in [0.717, 1.165) is 35.9 Å². The van der Waals surface area contributed by atoms with Crippen molar-refractivity contribution in [3.8, 4) is 5.75 Å². The zero-order valence-corrected chi connectivity index (χ0v) is 15.0. The van der Waals surface area contributed by atoms with Gasteiger partial charge in [-0.25, -0.2) is 0 Å². The second-order valence-electron chi connectivity index (χ2n) is 6.95. The predicted molar refractivity (Wildman–Crippen MR) is 95.3 cm³/mol. The number of para-hydroxylation sites is 1. The first-order valence-electron chi connectivity index (χ1n) is 8.82. The summed E-state index contributed by atoms with van der Waals surface area (Å²) in [5.41, 5.74) is 2.03. The molecule has 1 heterocycles. The smallest absolute Gasteiger partial charge is 0.258 e. The van der Waals surface area contributed by atoms with Crippen LogP contribution >= 0.6 is 0 Å². The Hall–Kier alpha value is -1.59. The number of piperidine rings is 1. The minimum Gasteiger partial charge on any atom is -0.483 e. The first-order valence-corrected chi connectivity index (χ1v) is 8.82. The van der Waals surface area contributed by atoms with Crippen LogP contribution in [0.1, 0.15) is 30.9 Å². The van der Waals surface area contributed by atoms with Crippen molar-refractivity contribution in [2.45, 2.75) is 39.7 Å². The summed E-state index contributed by atoms with van der Waals surface area (Å²) in [5.74, 6) is 1.33. The number of hydrogen-bond acceptors (Lipinski definition) is 4. The Bertz CT molecular complexity index is 519. The van der Waals surface area contributed by atoms with Crippen LogP contribution in [-0.2, 0) is 4.79 Å². The van der Waals surface area contributed by atoms with E-state index in [2.05, 4.69) is 17.1 Å². The fourth-order valence-corrected chi connectivity index (χ4v) is 3.05. The van der Waals surface area contributed by atoms with Crippen LogP contribution in [0.2, 0.25) is 0 Å². The quantitative estimate of drug-likeness (QED) is 0.799. The third kappa shape index (κ3) is 5.80. The molecule has 1 aliphatic rings. The van der Waals surface area contributed by atoms with Gasteiger partial charge in [0, 0.05) is 13.1 Å². The number of benzene rings is 1. The topological polar surface area (TPSA) is 61.8 Å². The molecule has 2 N–H and O–H groups in total. The summed E-state index contributed by atoms with van der Waals surface area (Å²) in [6.45, 7) is 9.10. The summed E-state index contributed by atoms with van der Waals surface area (Å²) in [6, 6.07) is 5.89. The number of ether oxygens (including phenoxy) is 1. The highest BCUT2D eigenvalue weighted by Crippen LogP contribution is 2.22. The van der Waals surface area contributed by atoms with Crippen LogP contribution in [0.5, 0.6) is 5.75 Å². The predicted octanol–water partition coefficient (Wildman–Crippen LogP) is 1.89. The highest BCUT2D eigenvalue weighted by Gasteiger charge is 2.18. The van der Waals surface area contributed by atoms with Gasteiger partial charge < -0.3 is 20.1 Å². The molecule has 1 aliphatic heterocycles. The number of rotatable bonds is 7. The van der Waals surface area contributed by atoms with E-state index >= 15 is 0 Å². The Kier molecular flexibility index (Phi) is 7.06. The maximum Gasteiger partial charge on any atom is 0.258 e. The van der Waals surface area contributed by atoms with Crippen molar-refractivity contribution in [3.63, 3.8) is 0 Å². The number of nitrogens with zero attached hydrogens (tertiary/aromatic N) is 1. The van der Waals surface area contributed by atoms with Crippen LogP contribution in [0, 0.1) is 19.8 Å². The van der Waals surface area contributed by atoms with Gasteiger partial charge in [0.2, 0.25) is 0 Å². The van der Waals surface area contributed by atoms with Crippen LogP contribution in [-0.4, -0.2) is 54.8 Å². The van der Waals surface area contributed by atoms with Crippen molar-refractivity contribution in [1.29, 1.82) is 0 Å². The summed E-state index contributed by atoms with van der Waals surface area (Å²) >= 11 is 0. The standard InChI is InChI=1S/C19H30N2O3/c1-14-7-9-21(10-8-14)12-17(22)11-20-18(23)13-24-19-15(2)5-4-6-16(19)3/h4-6,14,17,22H,7-13H2,1-3H3,(H,20,23). The van der Waals surface area contributed by atoms with Crippen molar-refractivity contribution in [2.75, 3.05) is 32.8 Å². The van der Waals surface area contributed by atoms with E-state index in [1.54, 1.807) is 0 Å². The third-order valence-electron chi connectivity index (χ3n) is 4.64. The SMILES string of the molecule is Cc1cccc(C)c1OCC(=O)NCC(O)CN1CCC(C)CC1. The van der Waals surface area contributed by atoms with Crippen molar-refractivity contribution >= 4 is 5.91 Å². The van der Waals surface area contributed by atoms with Gasteiger partial charge >= 0.3 is 0 Å². The molecule has 0 aromatic heterocycles.